The summed E-state index contributed by atoms with van der Waals surface area (Å²) in [6.45, 7) is 5.07. The van der Waals surface area contributed by atoms with E-state index in [0.717, 1.165) is 12.3 Å². The van der Waals surface area contributed by atoms with Crippen molar-refractivity contribution >= 4 is 0 Å². The van der Waals surface area contributed by atoms with Crippen LogP contribution in [0, 0.1) is 0 Å². The number of ether oxygens (including phenoxy) is 1. The Bertz CT molecular complexity index is 403. The average molecular weight is 278 g/mol. The molecule has 2 unspecified atom stereocenters. The summed E-state index contributed by atoms with van der Waals surface area (Å²) in [7, 11) is 0. The fourth-order valence-corrected chi connectivity index (χ4v) is 2.65. The van der Waals surface area contributed by atoms with Gasteiger partial charge in [0.25, 0.3) is 0 Å². The van der Waals surface area contributed by atoms with Crippen LogP contribution in [0.3, 0.4) is 0 Å². The number of hydrogen-bond acceptors (Lipinski definition) is 4. The van der Waals surface area contributed by atoms with Gasteiger partial charge in [0.2, 0.25) is 0 Å². The van der Waals surface area contributed by atoms with Gasteiger partial charge in [-0.2, -0.15) is 0 Å². The first-order chi connectivity index (χ1) is 9.63. The number of aliphatic hydroxyl groups is 1. The van der Waals surface area contributed by atoms with Gasteiger partial charge in [-0.25, -0.2) is 0 Å². The van der Waals surface area contributed by atoms with Crippen LogP contribution < -0.4 is 10.5 Å². The minimum atomic E-state index is -0.458. The van der Waals surface area contributed by atoms with Gasteiger partial charge in [-0.1, -0.05) is 18.6 Å². The van der Waals surface area contributed by atoms with E-state index in [1.807, 2.05) is 12.1 Å². The molecular formula is C16H26N2O2. The van der Waals surface area contributed by atoms with Crippen LogP contribution in [0.1, 0.15) is 38.2 Å². The monoisotopic (exact) mass is 278 g/mol. The molecule has 1 aromatic rings. The summed E-state index contributed by atoms with van der Waals surface area (Å²) in [5, 5.41) is 9.31. The first kappa shape index (κ1) is 15.3. The topological polar surface area (TPSA) is 58.7 Å². The number of aliphatic hydroxyl groups excluding tert-OH is 1. The molecule has 112 valence electrons. The second-order valence-corrected chi connectivity index (χ2v) is 5.73. The average Bonchev–Trinajstić information content (AvgIpc) is 2.39. The van der Waals surface area contributed by atoms with E-state index in [2.05, 4.69) is 17.0 Å². The van der Waals surface area contributed by atoms with Crippen molar-refractivity contribution in [2.75, 3.05) is 13.1 Å². The zero-order valence-corrected chi connectivity index (χ0v) is 12.3. The number of likely N-dealkylation sites (tertiary alicyclic amines) is 1. The highest BCUT2D eigenvalue weighted by molar-refractivity contribution is 5.28. The predicted octanol–water partition coefficient (Wildman–Crippen LogP) is 2.11. The lowest BCUT2D eigenvalue weighted by atomic mass is 10.1. The number of hydrogen-bond donors (Lipinski definition) is 2. The molecule has 1 aliphatic heterocycles. The molecule has 1 fully saturated rings. The zero-order chi connectivity index (χ0) is 14.4. The Hall–Kier alpha value is -1.10. The molecule has 1 heterocycles. The second-order valence-electron chi connectivity index (χ2n) is 5.73. The summed E-state index contributed by atoms with van der Waals surface area (Å²) in [6.07, 6.45) is 3.50. The van der Waals surface area contributed by atoms with Gasteiger partial charge in [-0.15, -0.1) is 0 Å². The molecule has 0 aliphatic carbocycles. The van der Waals surface area contributed by atoms with Crippen molar-refractivity contribution in [3.63, 3.8) is 0 Å². The molecule has 0 aromatic heterocycles. The van der Waals surface area contributed by atoms with E-state index < -0.39 is 12.3 Å². The predicted molar refractivity (Wildman–Crippen MR) is 80.5 cm³/mol. The third-order valence-corrected chi connectivity index (χ3v) is 3.61. The summed E-state index contributed by atoms with van der Waals surface area (Å²) in [5.74, 6) is 0.785. The summed E-state index contributed by atoms with van der Waals surface area (Å²) < 4.78 is 5.65. The summed E-state index contributed by atoms with van der Waals surface area (Å²) in [5.41, 5.74) is 7.11. The maximum absolute atomic E-state index is 9.31. The van der Waals surface area contributed by atoms with E-state index in [1.54, 1.807) is 6.92 Å². The SMILES string of the molecule is CC(O)CC(N)Oc1cccc(CN2CCCCC2)c1. The number of nitrogens with two attached hydrogens (primary N) is 1. The highest BCUT2D eigenvalue weighted by Crippen LogP contribution is 2.18. The minimum absolute atomic E-state index is 0.441. The lowest BCUT2D eigenvalue weighted by Gasteiger charge is -2.26. The van der Waals surface area contributed by atoms with Crippen LogP contribution in [0.5, 0.6) is 5.75 Å². The molecule has 0 spiro atoms. The maximum atomic E-state index is 9.31. The third-order valence-electron chi connectivity index (χ3n) is 3.61. The number of rotatable bonds is 6. The molecule has 3 N–H and O–H groups in total. The standard InChI is InChI=1S/C16H26N2O2/c1-13(19)10-16(17)20-15-7-5-6-14(11-15)12-18-8-3-2-4-9-18/h5-7,11,13,16,19H,2-4,8-10,12,17H2,1H3. The van der Waals surface area contributed by atoms with Gasteiger partial charge < -0.3 is 9.84 Å². The Kier molecular flexibility index (Phi) is 5.83. The van der Waals surface area contributed by atoms with Crippen LogP contribution >= 0.6 is 0 Å². The molecule has 0 bridgehead atoms. The molecule has 0 saturated carbocycles. The van der Waals surface area contributed by atoms with Crippen molar-refractivity contribution in [3.05, 3.63) is 29.8 Å². The Balaban J connectivity index is 1.89. The maximum Gasteiger partial charge on any atom is 0.150 e. The molecule has 2 atom stereocenters. The fraction of sp³-hybridized carbons (Fsp3) is 0.625. The Morgan fingerprint density at radius 3 is 2.75 bits per heavy atom. The third kappa shape index (κ3) is 5.12. The van der Waals surface area contributed by atoms with Gasteiger partial charge >= 0.3 is 0 Å². The molecule has 1 aromatic carbocycles. The van der Waals surface area contributed by atoms with Gasteiger partial charge in [0.1, 0.15) is 12.0 Å². The van der Waals surface area contributed by atoms with Crippen molar-refractivity contribution in [2.24, 2.45) is 5.73 Å². The van der Waals surface area contributed by atoms with Crippen LogP contribution in [-0.2, 0) is 6.54 Å². The summed E-state index contributed by atoms with van der Waals surface area (Å²) >= 11 is 0. The highest BCUT2D eigenvalue weighted by Gasteiger charge is 2.12. The van der Waals surface area contributed by atoms with Crippen LogP contribution in [0.4, 0.5) is 0 Å². The van der Waals surface area contributed by atoms with Gasteiger partial charge in [-0.3, -0.25) is 10.6 Å². The van der Waals surface area contributed by atoms with Gasteiger partial charge in [0.05, 0.1) is 6.10 Å². The number of nitrogens with zero attached hydrogens (tertiary/aromatic N) is 1. The molecular weight excluding hydrogens is 252 g/mol. The number of benzene rings is 1. The highest BCUT2D eigenvalue weighted by atomic mass is 16.5. The number of piperidine rings is 1. The van der Waals surface area contributed by atoms with Gasteiger partial charge in [0, 0.05) is 13.0 Å². The quantitative estimate of drug-likeness (QED) is 0.782. The van der Waals surface area contributed by atoms with Crippen LogP contribution in [0.25, 0.3) is 0 Å². The van der Waals surface area contributed by atoms with Crippen molar-refractivity contribution in [1.29, 1.82) is 0 Å². The van der Waals surface area contributed by atoms with Gasteiger partial charge in [-0.05, 0) is 50.6 Å². The molecule has 2 rings (SSSR count). The Labute approximate surface area is 121 Å². The molecule has 20 heavy (non-hydrogen) atoms. The van der Waals surface area contributed by atoms with E-state index in [-0.39, 0.29) is 0 Å². The smallest absolute Gasteiger partial charge is 0.150 e. The molecule has 0 radical (unpaired) electrons. The molecule has 4 heteroatoms. The van der Waals surface area contributed by atoms with Crippen LogP contribution in [0.2, 0.25) is 0 Å². The summed E-state index contributed by atoms with van der Waals surface area (Å²) in [4.78, 5) is 2.48. The zero-order valence-electron chi connectivity index (χ0n) is 12.3. The second kappa shape index (κ2) is 7.62. The summed E-state index contributed by atoms with van der Waals surface area (Å²) in [6, 6.07) is 8.10. The van der Waals surface area contributed by atoms with E-state index in [9.17, 15) is 5.11 Å². The first-order valence-electron chi connectivity index (χ1n) is 7.55. The largest absolute Gasteiger partial charge is 0.475 e. The Morgan fingerprint density at radius 2 is 2.05 bits per heavy atom. The first-order valence-corrected chi connectivity index (χ1v) is 7.55. The molecule has 1 saturated heterocycles. The van der Waals surface area contributed by atoms with Crippen molar-refractivity contribution in [2.45, 2.75) is 51.5 Å². The lowest BCUT2D eigenvalue weighted by Crippen LogP contribution is -2.31. The van der Waals surface area contributed by atoms with Crippen molar-refractivity contribution in [1.82, 2.24) is 4.90 Å². The van der Waals surface area contributed by atoms with Crippen molar-refractivity contribution < 1.29 is 9.84 Å². The van der Waals surface area contributed by atoms with E-state index in [1.165, 1.54) is 37.9 Å². The van der Waals surface area contributed by atoms with Gasteiger partial charge in [0.15, 0.2) is 0 Å². The minimum Gasteiger partial charge on any atom is -0.475 e. The Morgan fingerprint density at radius 1 is 1.30 bits per heavy atom. The van der Waals surface area contributed by atoms with E-state index in [4.69, 9.17) is 10.5 Å². The molecule has 4 nitrogen and oxygen atoms in total. The van der Waals surface area contributed by atoms with E-state index in [0.29, 0.717) is 6.42 Å². The lowest BCUT2D eigenvalue weighted by molar-refractivity contribution is 0.109. The van der Waals surface area contributed by atoms with Crippen LogP contribution in [-0.4, -0.2) is 35.4 Å². The normalized spacial score (nSPS) is 19.6. The fourth-order valence-electron chi connectivity index (χ4n) is 2.65. The van der Waals surface area contributed by atoms with Crippen molar-refractivity contribution in [3.8, 4) is 5.75 Å². The van der Waals surface area contributed by atoms with Crippen LogP contribution in [0.15, 0.2) is 24.3 Å². The molecule has 0 amide bonds. The van der Waals surface area contributed by atoms with E-state index >= 15 is 0 Å². The molecule has 1 aliphatic rings.